The highest BCUT2D eigenvalue weighted by Gasteiger charge is 2.21. The van der Waals surface area contributed by atoms with Gasteiger partial charge in [-0.3, -0.25) is 14.9 Å². The van der Waals surface area contributed by atoms with Crippen molar-refractivity contribution in [2.24, 2.45) is 0 Å². The van der Waals surface area contributed by atoms with Crippen molar-refractivity contribution in [1.82, 2.24) is 4.31 Å². The van der Waals surface area contributed by atoms with E-state index in [0.717, 1.165) is 10.4 Å². The molecule has 1 amide bonds. The molecule has 33 heavy (non-hydrogen) atoms. The van der Waals surface area contributed by atoms with Crippen LogP contribution in [0.4, 0.5) is 17.1 Å². The Morgan fingerprint density at radius 3 is 2.45 bits per heavy atom. The number of sulfonamides is 1. The van der Waals surface area contributed by atoms with E-state index in [0.29, 0.717) is 5.56 Å². The van der Waals surface area contributed by atoms with Crippen molar-refractivity contribution in [1.29, 1.82) is 0 Å². The number of carbonyl (C=O) groups is 2. The summed E-state index contributed by atoms with van der Waals surface area (Å²) in [5, 5.41) is 25.2. The Kier molecular flexibility index (Phi) is 8.45. The van der Waals surface area contributed by atoms with Gasteiger partial charge in [0.1, 0.15) is 0 Å². The number of rotatable bonds is 10. The second-order valence-corrected chi connectivity index (χ2v) is 9.18. The van der Waals surface area contributed by atoms with Crippen LogP contribution in [0.1, 0.15) is 15.9 Å². The highest BCUT2D eigenvalue weighted by molar-refractivity contribution is 7.89. The lowest BCUT2D eigenvalue weighted by Crippen LogP contribution is -2.24. The molecule has 0 fully saturated rings. The molecule has 0 spiro atoms. The van der Waals surface area contributed by atoms with E-state index in [1.54, 1.807) is 6.92 Å². The molecule has 0 saturated heterocycles. The van der Waals surface area contributed by atoms with Crippen LogP contribution in [-0.2, 0) is 19.6 Å². The predicted molar refractivity (Wildman–Crippen MR) is 120 cm³/mol. The number of aliphatic hydroxyl groups is 1. The fourth-order valence-electron chi connectivity index (χ4n) is 2.66. The molecule has 0 radical (unpaired) electrons. The minimum Gasteiger partial charge on any atom is -0.452 e. The van der Waals surface area contributed by atoms with Gasteiger partial charge in [-0.1, -0.05) is 6.07 Å². The van der Waals surface area contributed by atoms with Crippen molar-refractivity contribution in [2.75, 3.05) is 44.5 Å². The number of benzene rings is 2. The minimum atomic E-state index is -3.72. The molecule has 0 aliphatic heterocycles. The van der Waals surface area contributed by atoms with E-state index in [4.69, 9.17) is 9.84 Å². The Balaban J connectivity index is 2.15. The van der Waals surface area contributed by atoms with Gasteiger partial charge in [0, 0.05) is 44.1 Å². The lowest BCUT2D eigenvalue weighted by molar-refractivity contribution is -0.384. The summed E-state index contributed by atoms with van der Waals surface area (Å²) in [6.45, 7) is 0.793. The van der Waals surface area contributed by atoms with Gasteiger partial charge in [0.25, 0.3) is 11.6 Å². The molecule has 0 bridgehead atoms. The summed E-state index contributed by atoms with van der Waals surface area (Å²) >= 11 is 0. The van der Waals surface area contributed by atoms with Crippen LogP contribution in [0.5, 0.6) is 0 Å². The maximum absolute atomic E-state index is 12.5. The molecular formula is C20H24N4O8S. The normalized spacial score (nSPS) is 11.2. The number of nitrogens with one attached hydrogen (secondary N) is 2. The molecule has 2 aromatic carbocycles. The van der Waals surface area contributed by atoms with Gasteiger partial charge < -0.3 is 20.5 Å². The van der Waals surface area contributed by atoms with Crippen LogP contribution < -0.4 is 10.6 Å². The van der Waals surface area contributed by atoms with Crippen LogP contribution >= 0.6 is 0 Å². The highest BCUT2D eigenvalue weighted by Crippen LogP contribution is 2.24. The monoisotopic (exact) mass is 480 g/mol. The first-order valence-corrected chi connectivity index (χ1v) is 11.0. The zero-order chi connectivity index (χ0) is 24.8. The van der Waals surface area contributed by atoms with Crippen LogP contribution in [0.3, 0.4) is 0 Å². The lowest BCUT2D eigenvalue weighted by atomic mass is 10.1. The van der Waals surface area contributed by atoms with E-state index in [-0.39, 0.29) is 40.7 Å². The van der Waals surface area contributed by atoms with Gasteiger partial charge in [-0.05, 0) is 30.7 Å². The second kappa shape index (κ2) is 10.8. The minimum absolute atomic E-state index is 0.0263. The van der Waals surface area contributed by atoms with E-state index in [1.165, 1.54) is 44.4 Å². The van der Waals surface area contributed by atoms with E-state index in [2.05, 4.69) is 10.6 Å². The van der Waals surface area contributed by atoms with Gasteiger partial charge in [0.05, 0.1) is 22.0 Å². The Morgan fingerprint density at radius 1 is 1.15 bits per heavy atom. The summed E-state index contributed by atoms with van der Waals surface area (Å²) in [5.41, 5.74) is 0.467. The largest absolute Gasteiger partial charge is 0.452 e. The van der Waals surface area contributed by atoms with E-state index < -0.39 is 33.4 Å². The van der Waals surface area contributed by atoms with Crippen molar-refractivity contribution in [3.63, 3.8) is 0 Å². The summed E-state index contributed by atoms with van der Waals surface area (Å²) in [5.74, 6) is -1.73. The number of amides is 1. The molecule has 3 N–H and O–H groups in total. The van der Waals surface area contributed by atoms with Crippen molar-refractivity contribution >= 4 is 39.0 Å². The number of nitro groups is 1. The topological polar surface area (TPSA) is 168 Å². The summed E-state index contributed by atoms with van der Waals surface area (Å²) < 4.78 is 30.6. The number of esters is 1. The van der Waals surface area contributed by atoms with Crippen molar-refractivity contribution in [3.05, 3.63) is 57.6 Å². The van der Waals surface area contributed by atoms with Gasteiger partial charge in [0.15, 0.2) is 6.61 Å². The average molecular weight is 480 g/mol. The first-order chi connectivity index (χ1) is 15.5. The standard InChI is InChI=1S/C20H24N4O8S/c1-13-4-6-15(33(30,31)23(2)3)11-18(13)22-19(26)12-32-20(27)16-10-14(24(28)29)5-7-17(16)21-8-9-25/h4-7,10-11,21,25H,8-9,12H2,1-3H3,(H,22,26). The molecule has 2 aromatic rings. The molecule has 178 valence electrons. The molecule has 13 heteroatoms. The SMILES string of the molecule is Cc1ccc(S(=O)(=O)N(C)C)cc1NC(=O)COC(=O)c1cc([N+](=O)[O-])ccc1NCCO. The Hall–Kier alpha value is -3.55. The maximum Gasteiger partial charge on any atom is 0.341 e. The second-order valence-electron chi connectivity index (χ2n) is 7.03. The molecule has 0 aliphatic carbocycles. The molecule has 0 unspecified atom stereocenters. The number of ether oxygens (including phenoxy) is 1. The van der Waals surface area contributed by atoms with E-state index in [9.17, 15) is 28.1 Å². The first kappa shape index (κ1) is 25.7. The van der Waals surface area contributed by atoms with Crippen molar-refractivity contribution in [3.8, 4) is 0 Å². The van der Waals surface area contributed by atoms with Gasteiger partial charge in [-0.2, -0.15) is 0 Å². The quantitative estimate of drug-likeness (QED) is 0.258. The highest BCUT2D eigenvalue weighted by atomic mass is 32.2. The third-order valence-corrected chi connectivity index (χ3v) is 6.27. The molecule has 0 aliphatic rings. The summed E-state index contributed by atoms with van der Waals surface area (Å²) in [4.78, 5) is 35.1. The van der Waals surface area contributed by atoms with E-state index in [1.807, 2.05) is 0 Å². The molecule has 2 rings (SSSR count). The summed E-state index contributed by atoms with van der Waals surface area (Å²) in [6, 6.07) is 7.70. The number of hydrogen-bond donors (Lipinski definition) is 3. The van der Waals surface area contributed by atoms with Gasteiger partial charge in [-0.15, -0.1) is 0 Å². The molecule has 0 saturated carbocycles. The number of aryl methyl sites for hydroxylation is 1. The molecule has 0 aromatic heterocycles. The Morgan fingerprint density at radius 2 is 1.85 bits per heavy atom. The third kappa shape index (κ3) is 6.47. The number of anilines is 2. The smallest absolute Gasteiger partial charge is 0.341 e. The number of hydrogen-bond acceptors (Lipinski definition) is 9. The van der Waals surface area contributed by atoms with Gasteiger partial charge in [-0.25, -0.2) is 17.5 Å². The average Bonchev–Trinajstić information content (AvgIpc) is 2.77. The molecule has 0 heterocycles. The van der Waals surface area contributed by atoms with Gasteiger partial charge >= 0.3 is 5.97 Å². The van der Waals surface area contributed by atoms with Crippen molar-refractivity contribution < 1.29 is 32.8 Å². The molecule has 12 nitrogen and oxygen atoms in total. The van der Waals surface area contributed by atoms with E-state index >= 15 is 0 Å². The molecular weight excluding hydrogens is 456 g/mol. The predicted octanol–water partition coefficient (Wildman–Crippen LogP) is 1.35. The molecule has 0 atom stereocenters. The fourth-order valence-corrected chi connectivity index (χ4v) is 3.59. The number of non-ortho nitro benzene ring substituents is 1. The fraction of sp³-hybridized carbons (Fsp3) is 0.300. The van der Waals surface area contributed by atoms with Crippen LogP contribution in [0.25, 0.3) is 0 Å². The maximum atomic E-state index is 12.5. The third-order valence-electron chi connectivity index (χ3n) is 4.46. The number of carbonyl (C=O) groups excluding carboxylic acids is 2. The summed E-state index contributed by atoms with van der Waals surface area (Å²) in [7, 11) is -0.962. The number of nitro benzene ring substituents is 1. The van der Waals surface area contributed by atoms with Gasteiger partial charge in [0.2, 0.25) is 10.0 Å². The Bertz CT molecular complexity index is 1160. The Labute approximate surface area is 190 Å². The van der Waals surface area contributed by atoms with Crippen LogP contribution in [0.15, 0.2) is 41.3 Å². The zero-order valence-corrected chi connectivity index (χ0v) is 19.0. The van der Waals surface area contributed by atoms with Crippen LogP contribution in [0, 0.1) is 17.0 Å². The summed E-state index contributed by atoms with van der Waals surface area (Å²) in [6.07, 6.45) is 0. The lowest BCUT2D eigenvalue weighted by Gasteiger charge is -2.15. The van der Waals surface area contributed by atoms with Crippen LogP contribution in [0.2, 0.25) is 0 Å². The number of aliphatic hydroxyl groups excluding tert-OH is 1. The number of nitrogens with zero attached hydrogens (tertiary/aromatic N) is 2. The van der Waals surface area contributed by atoms with Crippen LogP contribution in [-0.4, -0.2) is 68.5 Å². The van der Waals surface area contributed by atoms with Crippen molar-refractivity contribution in [2.45, 2.75) is 11.8 Å². The zero-order valence-electron chi connectivity index (χ0n) is 18.2. The first-order valence-electron chi connectivity index (χ1n) is 9.60.